The van der Waals surface area contributed by atoms with Gasteiger partial charge in [0, 0.05) is 31.0 Å². The van der Waals surface area contributed by atoms with Crippen molar-refractivity contribution in [2.45, 2.75) is 12.3 Å². The number of carboxylic acid groups (broad SMARTS) is 1. The Morgan fingerprint density at radius 2 is 2.21 bits per heavy atom. The van der Waals surface area contributed by atoms with Crippen molar-refractivity contribution in [2.24, 2.45) is 5.92 Å². The summed E-state index contributed by atoms with van der Waals surface area (Å²) >= 11 is 0. The number of likely N-dealkylation sites (tertiary alicyclic amines) is 1. The molecule has 1 aromatic rings. The molecule has 1 N–H and O–H groups in total. The highest BCUT2D eigenvalue weighted by atomic mass is 16.5. The van der Waals surface area contributed by atoms with Gasteiger partial charge in [-0.1, -0.05) is 18.2 Å². The minimum Gasteiger partial charge on any atom is -0.493 e. The van der Waals surface area contributed by atoms with Crippen molar-refractivity contribution >= 4 is 11.9 Å². The summed E-state index contributed by atoms with van der Waals surface area (Å²) in [5, 5.41) is 8.96. The normalized spacial score (nSPS) is 25.3. The van der Waals surface area contributed by atoms with Crippen LogP contribution < -0.4 is 4.74 Å². The molecule has 1 amide bonds. The number of hydrogen-bond donors (Lipinski definition) is 1. The molecule has 1 saturated heterocycles. The summed E-state index contributed by atoms with van der Waals surface area (Å²) in [7, 11) is 0. The van der Waals surface area contributed by atoms with E-state index >= 15 is 0 Å². The molecule has 0 saturated carbocycles. The summed E-state index contributed by atoms with van der Waals surface area (Å²) < 4.78 is 5.58. The number of amides is 1. The molecule has 2 atom stereocenters. The first-order chi connectivity index (χ1) is 9.15. The Morgan fingerprint density at radius 1 is 1.42 bits per heavy atom. The Bertz CT molecular complexity index is 528. The second kappa shape index (κ2) is 4.57. The monoisotopic (exact) mass is 261 g/mol. The maximum absolute atomic E-state index is 11.8. The first-order valence-electron chi connectivity index (χ1n) is 6.37. The van der Waals surface area contributed by atoms with E-state index in [4.69, 9.17) is 9.84 Å². The number of carbonyl (C=O) groups excluding carboxylic acids is 1. The summed E-state index contributed by atoms with van der Waals surface area (Å²) in [6.07, 6.45) is 0.116. The molecule has 100 valence electrons. The van der Waals surface area contributed by atoms with Crippen molar-refractivity contribution < 1.29 is 19.4 Å². The van der Waals surface area contributed by atoms with Gasteiger partial charge in [-0.2, -0.15) is 0 Å². The van der Waals surface area contributed by atoms with Gasteiger partial charge in [0.2, 0.25) is 5.91 Å². The van der Waals surface area contributed by atoms with Crippen LogP contribution in [0.4, 0.5) is 0 Å². The lowest BCUT2D eigenvalue weighted by molar-refractivity contribution is -0.141. The number of aliphatic carboxylic acids is 1. The topological polar surface area (TPSA) is 66.8 Å². The van der Waals surface area contributed by atoms with Crippen LogP contribution in [-0.2, 0) is 9.59 Å². The summed E-state index contributed by atoms with van der Waals surface area (Å²) in [4.78, 5) is 24.4. The lowest BCUT2D eigenvalue weighted by atomic mass is 10.0. The average molecular weight is 261 g/mol. The molecule has 5 heteroatoms. The fraction of sp³-hybridized carbons (Fsp3) is 0.429. The maximum Gasteiger partial charge on any atom is 0.308 e. The Balaban J connectivity index is 1.70. The smallest absolute Gasteiger partial charge is 0.308 e. The minimum atomic E-state index is -0.890. The predicted molar refractivity (Wildman–Crippen MR) is 67.0 cm³/mol. The third kappa shape index (κ3) is 2.16. The molecule has 0 spiro atoms. The minimum absolute atomic E-state index is 0.0724. The van der Waals surface area contributed by atoms with Gasteiger partial charge in [0.15, 0.2) is 0 Å². The third-order valence-electron chi connectivity index (χ3n) is 3.80. The summed E-state index contributed by atoms with van der Waals surface area (Å²) in [6.45, 7) is 1.41. The summed E-state index contributed by atoms with van der Waals surface area (Å²) in [5.74, 6) is -0.512. The lowest BCUT2D eigenvalue weighted by Gasteiger charge is -2.19. The van der Waals surface area contributed by atoms with Crippen LogP contribution in [0.3, 0.4) is 0 Å². The van der Waals surface area contributed by atoms with E-state index in [9.17, 15) is 9.59 Å². The van der Waals surface area contributed by atoms with Gasteiger partial charge in [-0.15, -0.1) is 0 Å². The number of nitrogens with zero attached hydrogens (tertiary/aromatic N) is 1. The zero-order valence-electron chi connectivity index (χ0n) is 10.4. The average Bonchev–Trinajstić information content (AvgIpc) is 2.96. The number of fused-ring (bicyclic) bond motifs is 1. The van der Waals surface area contributed by atoms with Crippen LogP contribution in [0, 0.1) is 5.92 Å². The molecular formula is C14H15NO4. The number of carbonyl (C=O) groups is 2. The highest BCUT2D eigenvalue weighted by Crippen LogP contribution is 2.34. The fourth-order valence-electron chi connectivity index (χ4n) is 2.76. The molecule has 2 heterocycles. The second-order valence-electron chi connectivity index (χ2n) is 5.08. The predicted octanol–water partition coefficient (Wildman–Crippen LogP) is 1.10. The molecular weight excluding hydrogens is 246 g/mol. The molecule has 2 aliphatic rings. The van der Waals surface area contributed by atoms with Gasteiger partial charge in [0.05, 0.1) is 12.5 Å². The van der Waals surface area contributed by atoms with Gasteiger partial charge in [0.25, 0.3) is 0 Å². The van der Waals surface area contributed by atoms with Crippen molar-refractivity contribution in [2.75, 3.05) is 19.7 Å². The number of para-hydroxylation sites is 1. The van der Waals surface area contributed by atoms with E-state index in [0.717, 1.165) is 11.3 Å². The van der Waals surface area contributed by atoms with Crippen LogP contribution in [0.5, 0.6) is 5.75 Å². The molecule has 2 unspecified atom stereocenters. The van der Waals surface area contributed by atoms with E-state index in [-0.39, 0.29) is 18.2 Å². The maximum atomic E-state index is 11.8. The van der Waals surface area contributed by atoms with Gasteiger partial charge in [-0.25, -0.2) is 0 Å². The SMILES string of the molecule is O=C(O)C1CC(=O)N(CC2COc3ccccc32)C1. The van der Waals surface area contributed by atoms with E-state index in [1.807, 2.05) is 24.3 Å². The molecule has 2 aliphatic heterocycles. The summed E-state index contributed by atoms with van der Waals surface area (Å²) in [5.41, 5.74) is 1.11. The van der Waals surface area contributed by atoms with E-state index in [0.29, 0.717) is 19.7 Å². The number of benzene rings is 1. The van der Waals surface area contributed by atoms with Gasteiger partial charge >= 0.3 is 5.97 Å². The first-order valence-corrected chi connectivity index (χ1v) is 6.37. The molecule has 19 heavy (non-hydrogen) atoms. The van der Waals surface area contributed by atoms with Gasteiger partial charge in [-0.05, 0) is 6.07 Å². The molecule has 0 radical (unpaired) electrons. The molecule has 0 aliphatic carbocycles. The Hall–Kier alpha value is -2.04. The highest BCUT2D eigenvalue weighted by Gasteiger charge is 2.36. The zero-order valence-corrected chi connectivity index (χ0v) is 10.4. The second-order valence-corrected chi connectivity index (χ2v) is 5.08. The fourth-order valence-corrected chi connectivity index (χ4v) is 2.76. The van der Waals surface area contributed by atoms with Gasteiger partial charge < -0.3 is 14.7 Å². The largest absolute Gasteiger partial charge is 0.493 e. The molecule has 0 aromatic heterocycles. The van der Waals surface area contributed by atoms with Crippen LogP contribution in [0.1, 0.15) is 17.9 Å². The van der Waals surface area contributed by atoms with Crippen molar-refractivity contribution in [1.82, 2.24) is 4.90 Å². The zero-order chi connectivity index (χ0) is 13.4. The number of rotatable bonds is 3. The van der Waals surface area contributed by atoms with Crippen LogP contribution in [0.25, 0.3) is 0 Å². The van der Waals surface area contributed by atoms with Crippen molar-refractivity contribution in [3.63, 3.8) is 0 Å². The van der Waals surface area contributed by atoms with Crippen molar-refractivity contribution in [3.8, 4) is 5.75 Å². The van der Waals surface area contributed by atoms with E-state index in [1.165, 1.54) is 0 Å². The molecule has 3 rings (SSSR count). The van der Waals surface area contributed by atoms with E-state index < -0.39 is 11.9 Å². The molecule has 1 fully saturated rings. The number of hydrogen-bond acceptors (Lipinski definition) is 3. The Morgan fingerprint density at radius 3 is 2.95 bits per heavy atom. The van der Waals surface area contributed by atoms with E-state index in [2.05, 4.69) is 0 Å². The molecule has 5 nitrogen and oxygen atoms in total. The van der Waals surface area contributed by atoms with Crippen LogP contribution in [0.2, 0.25) is 0 Å². The van der Waals surface area contributed by atoms with E-state index in [1.54, 1.807) is 4.90 Å². The standard InChI is InChI=1S/C14H15NO4/c16-13-5-9(14(17)18)6-15(13)7-10-8-19-12-4-2-1-3-11(10)12/h1-4,9-10H,5-8H2,(H,17,18). The molecule has 0 bridgehead atoms. The Labute approximate surface area is 110 Å². The summed E-state index contributed by atoms with van der Waals surface area (Å²) in [6, 6.07) is 7.79. The number of ether oxygens (including phenoxy) is 1. The van der Waals surface area contributed by atoms with Crippen molar-refractivity contribution in [3.05, 3.63) is 29.8 Å². The number of carboxylic acids is 1. The molecule has 1 aromatic carbocycles. The lowest BCUT2D eigenvalue weighted by Crippen LogP contribution is -2.31. The third-order valence-corrected chi connectivity index (χ3v) is 3.80. The van der Waals surface area contributed by atoms with Crippen molar-refractivity contribution in [1.29, 1.82) is 0 Å². The van der Waals surface area contributed by atoms with Crippen LogP contribution in [0.15, 0.2) is 24.3 Å². The van der Waals surface area contributed by atoms with Gasteiger partial charge in [-0.3, -0.25) is 9.59 Å². The van der Waals surface area contributed by atoms with Gasteiger partial charge in [0.1, 0.15) is 5.75 Å². The highest BCUT2D eigenvalue weighted by molar-refractivity contribution is 5.86. The van der Waals surface area contributed by atoms with Crippen LogP contribution in [-0.4, -0.2) is 41.6 Å². The van der Waals surface area contributed by atoms with Crippen LogP contribution >= 0.6 is 0 Å². The Kier molecular flexibility index (Phi) is 2.89. The quantitative estimate of drug-likeness (QED) is 0.884. The first kappa shape index (κ1) is 12.0.